The van der Waals surface area contributed by atoms with Gasteiger partial charge in [0.15, 0.2) is 9.84 Å². The molecule has 6 heteroatoms. The van der Waals surface area contributed by atoms with E-state index in [2.05, 4.69) is 5.32 Å². The lowest BCUT2D eigenvalue weighted by Crippen LogP contribution is -2.42. The number of hydrogen-bond donors (Lipinski definition) is 1. The van der Waals surface area contributed by atoms with E-state index in [0.717, 1.165) is 12.3 Å². The molecule has 0 aromatic heterocycles. The molecule has 0 aliphatic heterocycles. The Morgan fingerprint density at radius 3 is 2.11 bits per heavy atom. The molecule has 0 radical (unpaired) electrons. The molecule has 18 heavy (non-hydrogen) atoms. The zero-order valence-electron chi connectivity index (χ0n) is 10.6. The molecular weight excluding hydrogens is 260 g/mol. The number of sulfone groups is 1. The van der Waals surface area contributed by atoms with Crippen LogP contribution in [0.15, 0.2) is 18.2 Å². The van der Waals surface area contributed by atoms with Crippen LogP contribution < -0.4 is 5.32 Å². The van der Waals surface area contributed by atoms with Gasteiger partial charge in [-0.3, -0.25) is 0 Å². The van der Waals surface area contributed by atoms with Crippen molar-refractivity contribution in [2.45, 2.75) is 24.6 Å². The van der Waals surface area contributed by atoms with E-state index in [-0.39, 0.29) is 12.5 Å². The topological polar surface area (TPSA) is 46.2 Å². The number of halogens is 2. The zero-order chi connectivity index (χ0) is 13.9. The van der Waals surface area contributed by atoms with Gasteiger partial charge >= 0.3 is 0 Å². The van der Waals surface area contributed by atoms with Crippen molar-refractivity contribution in [3.8, 4) is 0 Å². The van der Waals surface area contributed by atoms with Crippen molar-refractivity contribution in [3.63, 3.8) is 0 Å². The van der Waals surface area contributed by atoms with Crippen molar-refractivity contribution >= 4 is 9.84 Å². The number of likely N-dealkylation sites (N-methyl/N-ethyl adjacent to an activating group) is 1. The molecule has 0 aliphatic carbocycles. The van der Waals surface area contributed by atoms with Gasteiger partial charge in [-0.1, -0.05) is 0 Å². The molecule has 1 rings (SSSR count). The highest BCUT2D eigenvalue weighted by Crippen LogP contribution is 2.14. The van der Waals surface area contributed by atoms with Crippen molar-refractivity contribution in [2.24, 2.45) is 0 Å². The summed E-state index contributed by atoms with van der Waals surface area (Å²) in [5.74, 6) is -1.32. The summed E-state index contributed by atoms with van der Waals surface area (Å²) in [7, 11) is -1.58. The summed E-state index contributed by atoms with van der Waals surface area (Å²) >= 11 is 0. The van der Waals surface area contributed by atoms with E-state index in [1.807, 2.05) is 0 Å². The Kier molecular flexibility index (Phi) is 4.81. The maximum absolute atomic E-state index is 13.0. The first kappa shape index (κ1) is 15.0. The normalized spacial score (nSPS) is 15.4. The van der Waals surface area contributed by atoms with Gasteiger partial charge in [0.1, 0.15) is 11.6 Å². The monoisotopic (exact) mass is 277 g/mol. The quantitative estimate of drug-likeness (QED) is 0.888. The van der Waals surface area contributed by atoms with E-state index in [4.69, 9.17) is 0 Å². The first-order valence-electron chi connectivity index (χ1n) is 5.55. The average molecular weight is 277 g/mol. The Morgan fingerprint density at radius 1 is 1.22 bits per heavy atom. The van der Waals surface area contributed by atoms with E-state index >= 15 is 0 Å². The maximum Gasteiger partial charge on any atom is 0.151 e. The van der Waals surface area contributed by atoms with Gasteiger partial charge in [0.2, 0.25) is 0 Å². The highest BCUT2D eigenvalue weighted by molar-refractivity contribution is 7.91. The maximum atomic E-state index is 13.0. The highest BCUT2D eigenvalue weighted by atomic mass is 32.2. The summed E-state index contributed by atoms with van der Waals surface area (Å²) in [6.07, 6.45) is 1.40. The van der Waals surface area contributed by atoms with Crippen molar-refractivity contribution < 1.29 is 17.2 Å². The summed E-state index contributed by atoms with van der Waals surface area (Å²) < 4.78 is 49.0. The van der Waals surface area contributed by atoms with Crippen molar-refractivity contribution in [3.05, 3.63) is 35.4 Å². The van der Waals surface area contributed by atoms with Gasteiger partial charge in [0, 0.05) is 18.4 Å². The second-order valence-corrected chi connectivity index (χ2v) is 6.81. The molecular formula is C12H17F2NO2S. The van der Waals surface area contributed by atoms with Crippen LogP contribution in [0.25, 0.3) is 0 Å². The van der Waals surface area contributed by atoms with Crippen LogP contribution in [0.4, 0.5) is 8.78 Å². The minimum absolute atomic E-state index is 0.249. The summed E-state index contributed by atoms with van der Waals surface area (Å²) in [4.78, 5) is 0. The largest absolute Gasteiger partial charge is 0.315 e. The SMILES string of the molecule is CNC(Cc1cc(F)cc(F)c1)C(C)S(C)(=O)=O. The Balaban J connectivity index is 2.93. The lowest BCUT2D eigenvalue weighted by Gasteiger charge is -2.22. The van der Waals surface area contributed by atoms with Gasteiger partial charge in [0.05, 0.1) is 5.25 Å². The lowest BCUT2D eigenvalue weighted by molar-refractivity contribution is 0.512. The van der Waals surface area contributed by atoms with Crippen LogP contribution in [0, 0.1) is 11.6 Å². The molecule has 1 aromatic carbocycles. The Morgan fingerprint density at radius 2 is 1.72 bits per heavy atom. The second-order valence-electron chi connectivity index (χ2n) is 4.41. The molecule has 0 saturated heterocycles. The van der Waals surface area contributed by atoms with Gasteiger partial charge in [-0.05, 0) is 38.1 Å². The van der Waals surface area contributed by atoms with E-state index < -0.39 is 26.7 Å². The Hall–Kier alpha value is -1.01. The van der Waals surface area contributed by atoms with E-state index in [0.29, 0.717) is 5.56 Å². The third-order valence-electron chi connectivity index (χ3n) is 2.99. The fourth-order valence-corrected chi connectivity index (χ4v) is 2.61. The molecule has 2 atom stereocenters. The van der Waals surface area contributed by atoms with Crippen molar-refractivity contribution in [1.82, 2.24) is 5.32 Å². The molecule has 0 saturated carbocycles. The molecule has 3 nitrogen and oxygen atoms in total. The van der Waals surface area contributed by atoms with Gasteiger partial charge < -0.3 is 5.32 Å². The van der Waals surface area contributed by atoms with Crippen LogP contribution in [0.5, 0.6) is 0 Å². The highest BCUT2D eigenvalue weighted by Gasteiger charge is 2.25. The van der Waals surface area contributed by atoms with Gasteiger partial charge in [0.25, 0.3) is 0 Å². The predicted octanol–water partition coefficient (Wildman–Crippen LogP) is 1.53. The number of benzene rings is 1. The Labute approximate surface area is 106 Å². The fourth-order valence-electron chi connectivity index (χ4n) is 1.78. The molecule has 0 fully saturated rings. The standard InChI is InChI=1S/C12H17F2NO2S/c1-8(18(3,16)17)12(15-2)6-9-4-10(13)7-11(14)5-9/h4-5,7-8,12,15H,6H2,1-3H3. The van der Waals surface area contributed by atoms with Crippen LogP contribution in [0.2, 0.25) is 0 Å². The van der Waals surface area contributed by atoms with Gasteiger partial charge in [-0.2, -0.15) is 0 Å². The first-order valence-corrected chi connectivity index (χ1v) is 7.50. The molecule has 0 spiro atoms. The lowest BCUT2D eigenvalue weighted by atomic mass is 10.0. The van der Waals surface area contributed by atoms with Crippen LogP contribution in [-0.4, -0.2) is 33.0 Å². The van der Waals surface area contributed by atoms with E-state index in [1.54, 1.807) is 14.0 Å². The third kappa shape index (κ3) is 4.03. The van der Waals surface area contributed by atoms with Crippen LogP contribution in [0.3, 0.4) is 0 Å². The third-order valence-corrected chi connectivity index (χ3v) is 4.67. The van der Waals surface area contributed by atoms with Crippen LogP contribution in [0.1, 0.15) is 12.5 Å². The minimum Gasteiger partial charge on any atom is -0.315 e. The molecule has 2 unspecified atom stereocenters. The molecule has 0 heterocycles. The van der Waals surface area contributed by atoms with E-state index in [1.165, 1.54) is 12.1 Å². The first-order chi connectivity index (χ1) is 8.24. The van der Waals surface area contributed by atoms with E-state index in [9.17, 15) is 17.2 Å². The molecule has 102 valence electrons. The second kappa shape index (κ2) is 5.75. The van der Waals surface area contributed by atoms with Gasteiger partial charge in [-0.15, -0.1) is 0 Å². The van der Waals surface area contributed by atoms with Crippen molar-refractivity contribution in [1.29, 1.82) is 0 Å². The molecule has 1 aromatic rings. The summed E-state index contributed by atoms with van der Waals surface area (Å²) in [5.41, 5.74) is 0.433. The smallest absolute Gasteiger partial charge is 0.151 e. The average Bonchev–Trinajstić information content (AvgIpc) is 2.22. The molecule has 0 aliphatic rings. The van der Waals surface area contributed by atoms with Crippen LogP contribution >= 0.6 is 0 Å². The van der Waals surface area contributed by atoms with Crippen LogP contribution in [-0.2, 0) is 16.3 Å². The molecule has 0 bridgehead atoms. The number of nitrogens with one attached hydrogen (secondary N) is 1. The fraction of sp³-hybridized carbons (Fsp3) is 0.500. The Bertz CT molecular complexity index is 497. The number of rotatable bonds is 5. The van der Waals surface area contributed by atoms with Crippen molar-refractivity contribution in [2.75, 3.05) is 13.3 Å². The molecule has 1 N–H and O–H groups in total. The number of hydrogen-bond acceptors (Lipinski definition) is 3. The predicted molar refractivity (Wildman–Crippen MR) is 67.2 cm³/mol. The van der Waals surface area contributed by atoms with Gasteiger partial charge in [-0.25, -0.2) is 17.2 Å². The zero-order valence-corrected chi connectivity index (χ0v) is 11.4. The summed E-state index contributed by atoms with van der Waals surface area (Å²) in [6, 6.07) is 2.82. The summed E-state index contributed by atoms with van der Waals surface area (Å²) in [6.45, 7) is 1.58. The summed E-state index contributed by atoms with van der Waals surface area (Å²) in [5, 5.41) is 2.24. The molecule has 0 amide bonds. The minimum atomic E-state index is -3.20.